The van der Waals surface area contributed by atoms with Gasteiger partial charge in [-0.2, -0.15) is 0 Å². The third-order valence-corrected chi connectivity index (χ3v) is 6.68. The fourth-order valence-electron chi connectivity index (χ4n) is 4.25. The molecule has 0 spiro atoms. The lowest BCUT2D eigenvalue weighted by atomic mass is 9.72. The normalized spacial score (nSPS) is 23.0. The Hall–Kier alpha value is -1.79. The van der Waals surface area contributed by atoms with Crippen molar-refractivity contribution in [3.05, 3.63) is 45.9 Å². The Labute approximate surface area is 158 Å². The molecule has 6 heteroatoms. The van der Waals surface area contributed by atoms with Crippen LogP contribution < -0.4 is 0 Å². The highest BCUT2D eigenvalue weighted by Crippen LogP contribution is 2.39. The second kappa shape index (κ2) is 7.45. The lowest BCUT2D eigenvalue weighted by Crippen LogP contribution is -2.52. The van der Waals surface area contributed by atoms with Crippen molar-refractivity contribution in [2.45, 2.75) is 43.9 Å². The van der Waals surface area contributed by atoms with Crippen molar-refractivity contribution in [2.75, 3.05) is 26.3 Å². The van der Waals surface area contributed by atoms with E-state index in [9.17, 15) is 4.79 Å². The van der Waals surface area contributed by atoms with Gasteiger partial charge in [0.15, 0.2) is 0 Å². The van der Waals surface area contributed by atoms with Crippen LogP contribution in [0.15, 0.2) is 30.3 Å². The zero-order valence-electron chi connectivity index (χ0n) is 15.2. The van der Waals surface area contributed by atoms with Gasteiger partial charge in [-0.05, 0) is 38.2 Å². The van der Waals surface area contributed by atoms with E-state index < -0.39 is 5.41 Å². The molecule has 0 radical (unpaired) electrons. The van der Waals surface area contributed by atoms with E-state index in [1.54, 1.807) is 11.3 Å². The van der Waals surface area contributed by atoms with Crippen LogP contribution in [0.5, 0.6) is 0 Å². The van der Waals surface area contributed by atoms with Crippen molar-refractivity contribution in [1.82, 2.24) is 15.1 Å². The molecule has 138 valence electrons. The first-order valence-electron chi connectivity index (χ1n) is 9.42. The second-order valence-corrected chi connectivity index (χ2v) is 8.52. The maximum atomic E-state index is 13.7. The van der Waals surface area contributed by atoms with Gasteiger partial charge in [0.25, 0.3) is 0 Å². The maximum absolute atomic E-state index is 13.7. The van der Waals surface area contributed by atoms with Gasteiger partial charge >= 0.3 is 0 Å². The zero-order chi connectivity index (χ0) is 18.0. The fraction of sp³-hybridized carbons (Fsp3) is 0.550. The number of nitrogens with zero attached hydrogens (tertiary/aromatic N) is 3. The summed E-state index contributed by atoms with van der Waals surface area (Å²) >= 11 is 1.66. The minimum absolute atomic E-state index is 0.262. The molecule has 4 rings (SSSR count). The van der Waals surface area contributed by atoms with Gasteiger partial charge in [0, 0.05) is 32.2 Å². The van der Waals surface area contributed by atoms with Gasteiger partial charge < -0.3 is 9.64 Å². The Kier molecular flexibility index (Phi) is 5.05. The molecule has 5 nitrogen and oxygen atoms in total. The van der Waals surface area contributed by atoms with E-state index in [1.807, 2.05) is 25.1 Å². The summed E-state index contributed by atoms with van der Waals surface area (Å²) in [4.78, 5) is 15.8. The highest BCUT2D eigenvalue weighted by Gasteiger charge is 2.45. The van der Waals surface area contributed by atoms with E-state index in [1.165, 1.54) is 0 Å². The number of carbonyl (C=O) groups is 1. The van der Waals surface area contributed by atoms with Crippen molar-refractivity contribution in [1.29, 1.82) is 0 Å². The topological polar surface area (TPSA) is 55.3 Å². The molecule has 2 aliphatic heterocycles. The molecular formula is C20H25N3O2S. The quantitative estimate of drug-likeness (QED) is 0.831. The minimum atomic E-state index is -0.446. The highest BCUT2D eigenvalue weighted by molar-refractivity contribution is 7.11. The van der Waals surface area contributed by atoms with Crippen molar-refractivity contribution >= 4 is 17.2 Å². The van der Waals surface area contributed by atoms with Crippen LogP contribution in [0.2, 0.25) is 0 Å². The SMILES string of the molecule is Cc1nnc(C2CCCN(C(=O)C3(c4ccccc4)CCOCC3)C2)s1. The van der Waals surface area contributed by atoms with E-state index >= 15 is 0 Å². The number of aryl methyl sites for hydroxylation is 1. The van der Waals surface area contributed by atoms with Crippen molar-refractivity contribution in [3.8, 4) is 0 Å². The predicted octanol–water partition coefficient (Wildman–Crippen LogP) is 3.30. The summed E-state index contributed by atoms with van der Waals surface area (Å²) < 4.78 is 5.59. The Bertz CT molecular complexity index is 755. The smallest absolute Gasteiger partial charge is 0.233 e. The molecule has 0 saturated carbocycles. The predicted molar refractivity (Wildman–Crippen MR) is 101 cm³/mol. The summed E-state index contributed by atoms with van der Waals surface area (Å²) in [5.41, 5.74) is 0.681. The van der Waals surface area contributed by atoms with E-state index in [4.69, 9.17) is 4.74 Å². The minimum Gasteiger partial charge on any atom is -0.381 e. The third-order valence-electron chi connectivity index (χ3n) is 5.68. The molecule has 0 bridgehead atoms. The molecule has 1 aromatic carbocycles. The third kappa shape index (κ3) is 3.28. The fourth-order valence-corrected chi connectivity index (χ4v) is 5.07. The van der Waals surface area contributed by atoms with E-state index in [0.29, 0.717) is 19.1 Å². The van der Waals surface area contributed by atoms with Gasteiger partial charge in [0.1, 0.15) is 10.0 Å². The van der Waals surface area contributed by atoms with Gasteiger partial charge in [-0.25, -0.2) is 0 Å². The summed E-state index contributed by atoms with van der Waals surface area (Å²) in [6.45, 7) is 4.87. The monoisotopic (exact) mass is 371 g/mol. The molecule has 1 atom stereocenters. The van der Waals surface area contributed by atoms with Crippen LogP contribution in [-0.4, -0.2) is 47.3 Å². The van der Waals surface area contributed by atoms with E-state index in [-0.39, 0.29) is 5.91 Å². The molecule has 2 saturated heterocycles. The first-order chi connectivity index (χ1) is 12.7. The van der Waals surface area contributed by atoms with Crippen LogP contribution >= 0.6 is 11.3 Å². The number of piperidine rings is 1. The molecule has 26 heavy (non-hydrogen) atoms. The lowest BCUT2D eigenvalue weighted by molar-refractivity contribution is -0.142. The Morgan fingerprint density at radius 1 is 1.23 bits per heavy atom. The molecule has 2 aliphatic rings. The van der Waals surface area contributed by atoms with Crippen molar-refractivity contribution in [3.63, 3.8) is 0 Å². The molecule has 0 N–H and O–H groups in total. The Morgan fingerprint density at radius 3 is 2.69 bits per heavy atom. The number of likely N-dealkylation sites (tertiary alicyclic amines) is 1. The van der Waals surface area contributed by atoms with Crippen LogP contribution in [0.3, 0.4) is 0 Å². The van der Waals surface area contributed by atoms with Crippen LogP contribution in [0.25, 0.3) is 0 Å². The zero-order valence-corrected chi connectivity index (χ0v) is 16.0. The summed E-state index contributed by atoms with van der Waals surface area (Å²) in [5.74, 6) is 0.574. The number of amides is 1. The molecule has 1 aromatic heterocycles. The first-order valence-corrected chi connectivity index (χ1v) is 10.2. The second-order valence-electron chi connectivity index (χ2n) is 7.31. The van der Waals surface area contributed by atoms with Crippen molar-refractivity contribution in [2.24, 2.45) is 0 Å². The molecule has 3 heterocycles. The van der Waals surface area contributed by atoms with Crippen LogP contribution in [0.1, 0.15) is 47.2 Å². The first kappa shape index (κ1) is 17.6. The van der Waals surface area contributed by atoms with Gasteiger partial charge in [-0.3, -0.25) is 4.79 Å². The van der Waals surface area contributed by atoms with Crippen LogP contribution in [0.4, 0.5) is 0 Å². The highest BCUT2D eigenvalue weighted by atomic mass is 32.1. The van der Waals surface area contributed by atoms with Crippen LogP contribution in [0, 0.1) is 6.92 Å². The lowest BCUT2D eigenvalue weighted by Gasteiger charge is -2.42. The van der Waals surface area contributed by atoms with Gasteiger partial charge in [0.2, 0.25) is 5.91 Å². The molecular weight excluding hydrogens is 346 g/mol. The summed E-state index contributed by atoms with van der Waals surface area (Å²) in [6, 6.07) is 10.3. The van der Waals surface area contributed by atoms with E-state index in [0.717, 1.165) is 54.4 Å². The molecule has 1 amide bonds. The van der Waals surface area contributed by atoms with Gasteiger partial charge in [0.05, 0.1) is 5.41 Å². The summed E-state index contributed by atoms with van der Waals surface area (Å²) in [5, 5.41) is 10.6. The Balaban J connectivity index is 1.59. The average molecular weight is 372 g/mol. The number of hydrogen-bond acceptors (Lipinski definition) is 5. The van der Waals surface area contributed by atoms with E-state index in [2.05, 4.69) is 27.2 Å². The number of aromatic nitrogens is 2. The molecule has 1 unspecified atom stereocenters. The average Bonchev–Trinajstić information content (AvgIpc) is 3.15. The summed E-state index contributed by atoms with van der Waals surface area (Å²) in [6.07, 6.45) is 3.63. The van der Waals surface area contributed by atoms with Crippen molar-refractivity contribution < 1.29 is 9.53 Å². The number of ether oxygens (including phenoxy) is 1. The molecule has 0 aliphatic carbocycles. The van der Waals surface area contributed by atoms with Crippen LogP contribution in [-0.2, 0) is 14.9 Å². The largest absolute Gasteiger partial charge is 0.381 e. The maximum Gasteiger partial charge on any atom is 0.233 e. The number of rotatable bonds is 3. The van der Waals surface area contributed by atoms with Gasteiger partial charge in [-0.15, -0.1) is 21.5 Å². The Morgan fingerprint density at radius 2 is 2.00 bits per heavy atom. The number of benzene rings is 1. The summed E-state index contributed by atoms with van der Waals surface area (Å²) in [7, 11) is 0. The molecule has 2 aromatic rings. The van der Waals surface area contributed by atoms with Gasteiger partial charge in [-0.1, -0.05) is 30.3 Å². The number of hydrogen-bond donors (Lipinski definition) is 0. The standard InChI is InChI=1S/C20H25N3O2S/c1-15-21-22-18(26-15)16-6-5-11-23(14-16)19(24)20(9-12-25-13-10-20)17-7-3-2-4-8-17/h2-4,7-8,16H,5-6,9-14H2,1H3. The molecule has 2 fully saturated rings. The number of carbonyl (C=O) groups excluding carboxylic acids is 1.